The van der Waals surface area contributed by atoms with E-state index in [1.54, 1.807) is 0 Å². The van der Waals surface area contributed by atoms with Crippen LogP contribution >= 0.6 is 0 Å². The first-order valence-corrected chi connectivity index (χ1v) is 6.24. The van der Waals surface area contributed by atoms with Crippen LogP contribution in [0.15, 0.2) is 0 Å². The first kappa shape index (κ1) is 12.7. The Morgan fingerprint density at radius 1 is 1.53 bits per heavy atom. The molecular weight excluding hydrogens is 188 g/mol. The highest BCUT2D eigenvalue weighted by molar-refractivity contribution is 5.54. The van der Waals surface area contributed by atoms with Crippen molar-refractivity contribution >= 4 is 6.29 Å². The number of hydrogen-bond acceptors (Lipinski definition) is 2. The molecule has 1 rings (SSSR count). The molecule has 0 aliphatic heterocycles. The molecule has 1 N–H and O–H groups in total. The van der Waals surface area contributed by atoms with E-state index in [-0.39, 0.29) is 5.92 Å². The van der Waals surface area contributed by atoms with E-state index in [1.165, 1.54) is 0 Å². The van der Waals surface area contributed by atoms with Gasteiger partial charge < -0.3 is 9.90 Å². The molecule has 2 nitrogen and oxygen atoms in total. The predicted octanol–water partition coefficient (Wildman–Crippen LogP) is 2.79. The van der Waals surface area contributed by atoms with Gasteiger partial charge in [0.15, 0.2) is 0 Å². The molecule has 0 saturated heterocycles. The van der Waals surface area contributed by atoms with Gasteiger partial charge in [0.2, 0.25) is 0 Å². The van der Waals surface area contributed by atoms with E-state index in [1.807, 2.05) is 6.92 Å². The molecule has 0 aromatic rings. The van der Waals surface area contributed by atoms with Crippen LogP contribution in [0.2, 0.25) is 0 Å². The van der Waals surface area contributed by atoms with Crippen LogP contribution in [0.25, 0.3) is 0 Å². The van der Waals surface area contributed by atoms with Crippen molar-refractivity contribution in [2.75, 3.05) is 0 Å². The molecule has 0 bridgehead atoms. The third-order valence-corrected chi connectivity index (χ3v) is 4.02. The van der Waals surface area contributed by atoms with Crippen molar-refractivity contribution in [2.24, 2.45) is 17.8 Å². The van der Waals surface area contributed by atoms with Crippen LogP contribution in [0.5, 0.6) is 0 Å². The van der Waals surface area contributed by atoms with Gasteiger partial charge in [-0.25, -0.2) is 0 Å². The molecular formula is C13H24O2. The Bertz CT molecular complexity index is 211. The quantitative estimate of drug-likeness (QED) is 0.687. The Balaban J connectivity index is 2.52. The number of rotatable bonds is 6. The summed E-state index contributed by atoms with van der Waals surface area (Å²) in [7, 11) is 0. The molecule has 2 heteroatoms. The van der Waals surface area contributed by atoms with Crippen molar-refractivity contribution in [1.82, 2.24) is 0 Å². The molecule has 0 heterocycles. The maximum Gasteiger partial charge on any atom is 0.123 e. The summed E-state index contributed by atoms with van der Waals surface area (Å²) >= 11 is 0. The van der Waals surface area contributed by atoms with E-state index in [9.17, 15) is 9.90 Å². The van der Waals surface area contributed by atoms with Crippen LogP contribution < -0.4 is 0 Å². The first-order chi connectivity index (χ1) is 7.06. The summed E-state index contributed by atoms with van der Waals surface area (Å²) in [5.41, 5.74) is -0.521. The minimum Gasteiger partial charge on any atom is -0.390 e. The topological polar surface area (TPSA) is 37.3 Å². The van der Waals surface area contributed by atoms with Crippen molar-refractivity contribution in [3.8, 4) is 0 Å². The largest absolute Gasteiger partial charge is 0.390 e. The van der Waals surface area contributed by atoms with Crippen LogP contribution in [-0.2, 0) is 4.79 Å². The second kappa shape index (κ2) is 5.11. The lowest BCUT2D eigenvalue weighted by atomic mass is 9.56. The van der Waals surface area contributed by atoms with Gasteiger partial charge in [-0.05, 0) is 31.6 Å². The number of unbranched alkanes of at least 4 members (excludes halogenated alkanes) is 1. The van der Waals surface area contributed by atoms with Crippen LogP contribution in [0.4, 0.5) is 0 Å². The third kappa shape index (κ3) is 2.60. The third-order valence-electron chi connectivity index (χ3n) is 4.02. The average molecular weight is 212 g/mol. The number of aldehydes is 1. The fourth-order valence-corrected chi connectivity index (χ4v) is 3.09. The van der Waals surface area contributed by atoms with E-state index in [4.69, 9.17) is 0 Å². The molecule has 0 aromatic heterocycles. The minimum atomic E-state index is -0.521. The molecule has 1 aliphatic carbocycles. The number of carbonyl (C=O) groups is 1. The van der Waals surface area contributed by atoms with Gasteiger partial charge in [-0.1, -0.05) is 33.1 Å². The standard InChI is InChI=1S/C13H24O2/c1-4-6-7-10(9-14)11-8-13(3,15)12(11)5-2/h9-12,15H,4-8H2,1-3H3/t10?,11?,12?,13-/m1/s1. The summed E-state index contributed by atoms with van der Waals surface area (Å²) in [6.45, 7) is 6.16. The predicted molar refractivity (Wildman–Crippen MR) is 61.6 cm³/mol. The smallest absolute Gasteiger partial charge is 0.123 e. The summed E-state index contributed by atoms with van der Waals surface area (Å²) in [5, 5.41) is 10.00. The van der Waals surface area contributed by atoms with Gasteiger partial charge in [-0.3, -0.25) is 0 Å². The highest BCUT2D eigenvalue weighted by atomic mass is 16.3. The molecule has 1 saturated carbocycles. The zero-order valence-corrected chi connectivity index (χ0v) is 10.2. The van der Waals surface area contributed by atoms with Gasteiger partial charge in [0.05, 0.1) is 5.60 Å². The van der Waals surface area contributed by atoms with Crippen molar-refractivity contribution in [1.29, 1.82) is 0 Å². The summed E-state index contributed by atoms with van der Waals surface area (Å²) < 4.78 is 0. The van der Waals surface area contributed by atoms with Gasteiger partial charge in [-0.15, -0.1) is 0 Å². The normalized spacial score (nSPS) is 37.1. The maximum atomic E-state index is 11.0. The SMILES string of the molecule is CCCCC(C=O)C1C[C@@](C)(O)C1CC. The Morgan fingerprint density at radius 2 is 2.20 bits per heavy atom. The lowest BCUT2D eigenvalue weighted by Crippen LogP contribution is -2.54. The summed E-state index contributed by atoms with van der Waals surface area (Å²) in [6, 6.07) is 0. The van der Waals surface area contributed by atoms with Crippen LogP contribution in [0, 0.1) is 17.8 Å². The van der Waals surface area contributed by atoms with Crippen molar-refractivity contribution in [3.63, 3.8) is 0 Å². The highest BCUT2D eigenvalue weighted by Crippen LogP contribution is 2.49. The van der Waals surface area contributed by atoms with Gasteiger partial charge >= 0.3 is 0 Å². The molecule has 0 amide bonds. The monoisotopic (exact) mass is 212 g/mol. The average Bonchev–Trinajstić information content (AvgIpc) is 2.17. The van der Waals surface area contributed by atoms with Crippen molar-refractivity contribution < 1.29 is 9.90 Å². The number of hydrogen-bond donors (Lipinski definition) is 1. The Kier molecular flexibility index (Phi) is 4.32. The number of aliphatic hydroxyl groups is 1. The van der Waals surface area contributed by atoms with E-state index in [2.05, 4.69) is 13.8 Å². The maximum absolute atomic E-state index is 11.0. The van der Waals surface area contributed by atoms with Gasteiger partial charge in [0.1, 0.15) is 6.29 Å². The summed E-state index contributed by atoms with van der Waals surface area (Å²) in [6.07, 6.45) is 6.16. The zero-order valence-electron chi connectivity index (χ0n) is 10.2. The Morgan fingerprint density at radius 3 is 2.60 bits per heavy atom. The molecule has 88 valence electrons. The first-order valence-electron chi connectivity index (χ1n) is 6.24. The van der Waals surface area contributed by atoms with Crippen molar-refractivity contribution in [2.45, 2.75) is 58.5 Å². The Hall–Kier alpha value is -0.370. The zero-order chi connectivity index (χ0) is 11.5. The van der Waals surface area contributed by atoms with Gasteiger partial charge in [0.25, 0.3) is 0 Å². The Labute approximate surface area is 93.1 Å². The highest BCUT2D eigenvalue weighted by Gasteiger charge is 2.50. The molecule has 0 radical (unpaired) electrons. The molecule has 0 spiro atoms. The van der Waals surface area contributed by atoms with Crippen LogP contribution in [0.3, 0.4) is 0 Å². The minimum absolute atomic E-state index is 0.176. The summed E-state index contributed by atoms with van der Waals surface area (Å²) in [4.78, 5) is 11.0. The number of carbonyl (C=O) groups excluding carboxylic acids is 1. The van der Waals surface area contributed by atoms with E-state index in [0.717, 1.165) is 38.4 Å². The second-order valence-corrected chi connectivity index (χ2v) is 5.18. The fourth-order valence-electron chi connectivity index (χ4n) is 3.09. The molecule has 4 atom stereocenters. The fraction of sp³-hybridized carbons (Fsp3) is 0.923. The van der Waals surface area contributed by atoms with Crippen molar-refractivity contribution in [3.05, 3.63) is 0 Å². The second-order valence-electron chi connectivity index (χ2n) is 5.18. The lowest BCUT2D eigenvalue weighted by Gasteiger charge is -2.52. The molecule has 0 aromatic carbocycles. The van der Waals surface area contributed by atoms with Gasteiger partial charge in [0, 0.05) is 5.92 Å². The lowest BCUT2D eigenvalue weighted by molar-refractivity contribution is -0.150. The molecule has 3 unspecified atom stereocenters. The summed E-state index contributed by atoms with van der Waals surface area (Å²) in [5.74, 6) is 0.925. The molecule has 1 aliphatic rings. The van der Waals surface area contributed by atoms with E-state index >= 15 is 0 Å². The van der Waals surface area contributed by atoms with Gasteiger partial charge in [-0.2, -0.15) is 0 Å². The molecule has 15 heavy (non-hydrogen) atoms. The van der Waals surface area contributed by atoms with Crippen LogP contribution in [0.1, 0.15) is 52.9 Å². The molecule has 1 fully saturated rings. The van der Waals surface area contributed by atoms with E-state index in [0.29, 0.717) is 11.8 Å². The van der Waals surface area contributed by atoms with Crippen LogP contribution in [-0.4, -0.2) is 17.0 Å². The van der Waals surface area contributed by atoms with E-state index < -0.39 is 5.60 Å².